The van der Waals surface area contributed by atoms with Crippen LogP contribution in [0.2, 0.25) is 0 Å². The number of benzene rings is 3. The average Bonchev–Trinajstić information content (AvgIpc) is 3.33. The Morgan fingerprint density at radius 2 is 1.61 bits per heavy atom. The van der Waals surface area contributed by atoms with Gasteiger partial charge in [0.25, 0.3) is 5.82 Å². The van der Waals surface area contributed by atoms with E-state index in [2.05, 4.69) is 66.8 Å². The lowest BCUT2D eigenvalue weighted by atomic mass is 10.0. The molecule has 0 aliphatic rings. The smallest absolute Gasteiger partial charge is 0.292 e. The number of hydrogen-bond donors (Lipinski definition) is 0. The van der Waals surface area contributed by atoms with E-state index in [1.807, 2.05) is 24.3 Å². The van der Waals surface area contributed by atoms with Gasteiger partial charge in [-0.05, 0) is 24.6 Å². The van der Waals surface area contributed by atoms with E-state index in [0.717, 1.165) is 55.3 Å². The van der Waals surface area contributed by atoms with E-state index in [4.69, 9.17) is 8.83 Å². The topological polar surface area (TPSA) is 35.1 Å². The summed E-state index contributed by atoms with van der Waals surface area (Å²) in [6.07, 6.45) is 4.13. The number of fused-ring (bicyclic) bond motifs is 6. The Morgan fingerprint density at radius 1 is 0.821 bits per heavy atom. The lowest BCUT2D eigenvalue weighted by Crippen LogP contribution is -2.29. The summed E-state index contributed by atoms with van der Waals surface area (Å²) in [6.45, 7) is 2.13. The standard InChI is InChI=1S/C24H19N2O2/c1-14-8-9-16-18-12-17-15-6-4-5-7-19(15)27-20(17)13-21(18)28-23(16)22(14)24-25(2)10-11-26(24)3/h4-13H,1-3H3/q+1. The van der Waals surface area contributed by atoms with Crippen molar-refractivity contribution in [2.45, 2.75) is 6.92 Å². The first-order valence-corrected chi connectivity index (χ1v) is 9.40. The fraction of sp³-hybridized carbons (Fsp3) is 0.125. The summed E-state index contributed by atoms with van der Waals surface area (Å²) in [5.41, 5.74) is 5.86. The quantitative estimate of drug-likeness (QED) is 0.353. The number of imidazole rings is 1. The number of aryl methyl sites for hydroxylation is 3. The van der Waals surface area contributed by atoms with Crippen molar-refractivity contribution in [3.05, 3.63) is 66.5 Å². The van der Waals surface area contributed by atoms with Gasteiger partial charge in [0.15, 0.2) is 5.58 Å². The SMILES string of the molecule is Cc1ccc2c(oc3cc4oc5ccccc5c4cc32)c1-c1n(C)cc[n+]1C. The van der Waals surface area contributed by atoms with Gasteiger partial charge in [-0.2, -0.15) is 0 Å². The monoisotopic (exact) mass is 367 g/mol. The van der Waals surface area contributed by atoms with Crippen LogP contribution in [-0.2, 0) is 14.1 Å². The molecule has 0 saturated heterocycles. The molecule has 136 valence electrons. The molecule has 3 aromatic carbocycles. The first kappa shape index (κ1) is 15.5. The number of furan rings is 2. The van der Waals surface area contributed by atoms with E-state index < -0.39 is 0 Å². The highest BCUT2D eigenvalue weighted by atomic mass is 16.3. The third-order valence-corrected chi connectivity index (χ3v) is 5.75. The molecule has 0 bridgehead atoms. The van der Waals surface area contributed by atoms with Crippen molar-refractivity contribution in [1.82, 2.24) is 4.57 Å². The summed E-state index contributed by atoms with van der Waals surface area (Å²) in [6, 6.07) is 16.7. The van der Waals surface area contributed by atoms with Crippen molar-refractivity contribution in [2.24, 2.45) is 14.1 Å². The Bertz CT molecular complexity index is 1530. The van der Waals surface area contributed by atoms with E-state index in [0.29, 0.717) is 0 Å². The minimum atomic E-state index is 0.852. The molecule has 0 spiro atoms. The molecular formula is C24H19N2O2+. The molecule has 4 heteroatoms. The van der Waals surface area contributed by atoms with Crippen molar-refractivity contribution in [3.8, 4) is 11.4 Å². The van der Waals surface area contributed by atoms with Crippen LogP contribution in [0, 0.1) is 6.92 Å². The van der Waals surface area contributed by atoms with Crippen molar-refractivity contribution < 1.29 is 13.4 Å². The molecule has 0 saturated carbocycles. The zero-order chi connectivity index (χ0) is 19.0. The number of para-hydroxylation sites is 1. The van der Waals surface area contributed by atoms with Gasteiger partial charge in [0.05, 0.1) is 14.1 Å². The molecule has 6 rings (SSSR count). The first-order chi connectivity index (χ1) is 13.6. The highest BCUT2D eigenvalue weighted by molar-refractivity contribution is 6.16. The molecule has 6 aromatic rings. The molecule has 0 atom stereocenters. The van der Waals surface area contributed by atoms with Gasteiger partial charge in [-0.1, -0.05) is 30.3 Å². The summed E-state index contributed by atoms with van der Waals surface area (Å²) in [7, 11) is 4.13. The number of aromatic nitrogens is 2. The summed E-state index contributed by atoms with van der Waals surface area (Å²) in [4.78, 5) is 0. The van der Waals surface area contributed by atoms with Crippen molar-refractivity contribution >= 4 is 43.9 Å². The first-order valence-electron chi connectivity index (χ1n) is 9.40. The van der Waals surface area contributed by atoms with Crippen LogP contribution in [0.3, 0.4) is 0 Å². The third kappa shape index (κ3) is 1.92. The zero-order valence-electron chi connectivity index (χ0n) is 16.0. The minimum absolute atomic E-state index is 0.852. The molecule has 0 fully saturated rings. The molecule has 0 aliphatic heterocycles. The lowest BCUT2D eigenvalue weighted by Gasteiger charge is -2.04. The van der Waals surface area contributed by atoms with Crippen molar-refractivity contribution in [1.29, 1.82) is 0 Å². The summed E-state index contributed by atoms with van der Waals surface area (Å²) in [5.74, 6) is 1.12. The van der Waals surface area contributed by atoms with Gasteiger partial charge in [-0.3, -0.25) is 0 Å². The predicted molar refractivity (Wildman–Crippen MR) is 111 cm³/mol. The van der Waals surface area contributed by atoms with Crippen LogP contribution in [0.5, 0.6) is 0 Å². The molecule has 0 radical (unpaired) electrons. The van der Waals surface area contributed by atoms with E-state index in [-0.39, 0.29) is 0 Å². The molecular weight excluding hydrogens is 348 g/mol. The minimum Gasteiger partial charge on any atom is -0.456 e. The van der Waals surface area contributed by atoms with Crippen LogP contribution in [-0.4, -0.2) is 4.57 Å². The summed E-state index contributed by atoms with van der Waals surface area (Å²) in [5, 5.41) is 4.50. The number of rotatable bonds is 1. The predicted octanol–water partition coefficient (Wildman–Crippen LogP) is 5.62. The molecule has 0 N–H and O–H groups in total. The van der Waals surface area contributed by atoms with Gasteiger partial charge in [0.2, 0.25) is 0 Å². The second-order valence-corrected chi connectivity index (χ2v) is 7.52. The van der Waals surface area contributed by atoms with Gasteiger partial charge in [-0.15, -0.1) is 0 Å². The second-order valence-electron chi connectivity index (χ2n) is 7.52. The fourth-order valence-electron chi connectivity index (χ4n) is 4.38. The van der Waals surface area contributed by atoms with Crippen LogP contribution in [0.25, 0.3) is 55.3 Å². The van der Waals surface area contributed by atoms with Crippen molar-refractivity contribution in [3.63, 3.8) is 0 Å². The van der Waals surface area contributed by atoms with E-state index in [9.17, 15) is 0 Å². The summed E-state index contributed by atoms with van der Waals surface area (Å²) >= 11 is 0. The van der Waals surface area contributed by atoms with Crippen LogP contribution in [0.15, 0.2) is 69.8 Å². The Balaban J connectivity index is 1.77. The number of hydrogen-bond acceptors (Lipinski definition) is 2. The third-order valence-electron chi connectivity index (χ3n) is 5.75. The average molecular weight is 367 g/mol. The van der Waals surface area contributed by atoms with Gasteiger partial charge < -0.3 is 8.83 Å². The maximum Gasteiger partial charge on any atom is 0.292 e. The maximum atomic E-state index is 6.42. The molecule has 0 amide bonds. The van der Waals surface area contributed by atoms with Crippen LogP contribution in [0.4, 0.5) is 0 Å². The highest BCUT2D eigenvalue weighted by Gasteiger charge is 2.24. The van der Waals surface area contributed by atoms with Gasteiger partial charge in [0.1, 0.15) is 34.7 Å². The van der Waals surface area contributed by atoms with Crippen molar-refractivity contribution in [2.75, 3.05) is 0 Å². The maximum absolute atomic E-state index is 6.42. The molecule has 0 unspecified atom stereocenters. The largest absolute Gasteiger partial charge is 0.456 e. The van der Waals surface area contributed by atoms with E-state index >= 15 is 0 Å². The Hall–Kier alpha value is -3.53. The van der Waals surface area contributed by atoms with Crippen LogP contribution in [0.1, 0.15) is 5.56 Å². The Labute approximate surface area is 161 Å². The molecule has 3 aromatic heterocycles. The molecule has 0 aliphatic carbocycles. The molecule has 3 heterocycles. The van der Waals surface area contributed by atoms with E-state index in [1.54, 1.807) is 0 Å². The lowest BCUT2D eigenvalue weighted by molar-refractivity contribution is -0.659. The molecule has 28 heavy (non-hydrogen) atoms. The van der Waals surface area contributed by atoms with Gasteiger partial charge in [-0.25, -0.2) is 9.13 Å². The van der Waals surface area contributed by atoms with Gasteiger partial charge >= 0.3 is 0 Å². The highest BCUT2D eigenvalue weighted by Crippen LogP contribution is 2.40. The normalized spacial score (nSPS) is 12.1. The van der Waals surface area contributed by atoms with Gasteiger partial charge in [0, 0.05) is 27.6 Å². The zero-order valence-corrected chi connectivity index (χ0v) is 16.0. The summed E-state index contributed by atoms with van der Waals surface area (Å²) < 4.78 is 16.7. The fourth-order valence-corrected chi connectivity index (χ4v) is 4.38. The van der Waals surface area contributed by atoms with Crippen LogP contribution < -0.4 is 4.57 Å². The Morgan fingerprint density at radius 3 is 2.43 bits per heavy atom. The second kappa shape index (κ2) is 5.26. The Kier molecular flexibility index (Phi) is 2.91. The number of nitrogens with zero attached hydrogens (tertiary/aromatic N) is 2. The molecule has 4 nitrogen and oxygen atoms in total. The van der Waals surface area contributed by atoms with Crippen LogP contribution >= 0.6 is 0 Å². The van der Waals surface area contributed by atoms with E-state index in [1.165, 1.54) is 5.56 Å².